The number of halogens is 6. The number of nitrogens with one attached hydrogen (secondary N) is 2. The Morgan fingerprint density at radius 3 is 2.16 bits per heavy atom. The molecule has 1 aliphatic carbocycles. The predicted octanol–water partition coefficient (Wildman–Crippen LogP) is 5.38. The Morgan fingerprint density at radius 1 is 0.973 bits per heavy atom. The van der Waals surface area contributed by atoms with Crippen molar-refractivity contribution in [3.63, 3.8) is 0 Å². The first-order chi connectivity index (χ1) is 17.4. The van der Waals surface area contributed by atoms with Crippen molar-refractivity contribution in [2.75, 3.05) is 14.9 Å². The normalized spacial score (nSPS) is 14.0. The van der Waals surface area contributed by atoms with Gasteiger partial charge >= 0.3 is 11.9 Å². The van der Waals surface area contributed by atoms with Crippen LogP contribution in [0.25, 0.3) is 0 Å². The highest BCUT2D eigenvalue weighted by atomic mass is 32.2. The third kappa shape index (κ3) is 6.61. The molecule has 1 aromatic heterocycles. The monoisotopic (exact) mass is 545 g/mol. The maximum absolute atomic E-state index is 15.3. The minimum absolute atomic E-state index is 0.0101. The minimum atomic E-state index is -4.79. The first kappa shape index (κ1) is 26.5. The molecule has 0 unspecified atom stereocenters. The van der Waals surface area contributed by atoms with Crippen molar-refractivity contribution in [2.24, 2.45) is 0 Å². The van der Waals surface area contributed by atoms with Gasteiger partial charge in [0.05, 0.1) is 5.56 Å². The van der Waals surface area contributed by atoms with E-state index in [9.17, 15) is 30.4 Å². The van der Waals surface area contributed by atoms with Crippen molar-refractivity contribution < 1.29 is 34.8 Å². The highest BCUT2D eigenvalue weighted by Crippen LogP contribution is 2.35. The van der Waals surface area contributed by atoms with Gasteiger partial charge in [-0.15, -0.1) is 0 Å². The lowest BCUT2D eigenvalue weighted by Gasteiger charge is -2.24. The molecular weight excluding hydrogens is 524 g/mol. The van der Waals surface area contributed by atoms with Crippen molar-refractivity contribution in [1.29, 1.82) is 0 Å². The topological polar surface area (TPSA) is 87.2 Å². The van der Waals surface area contributed by atoms with Crippen LogP contribution in [0.5, 0.6) is 0 Å². The Kier molecular flexibility index (Phi) is 7.48. The van der Waals surface area contributed by atoms with Crippen LogP contribution in [0.15, 0.2) is 54.9 Å². The average molecular weight is 546 g/mol. The molecule has 4 rings (SSSR count). The zero-order valence-corrected chi connectivity index (χ0v) is 19.8. The van der Waals surface area contributed by atoms with E-state index in [4.69, 9.17) is 0 Å². The van der Waals surface area contributed by atoms with Gasteiger partial charge in [0.25, 0.3) is 10.0 Å². The Labute approximate surface area is 208 Å². The van der Waals surface area contributed by atoms with Crippen LogP contribution in [-0.4, -0.2) is 30.2 Å². The van der Waals surface area contributed by atoms with Crippen molar-refractivity contribution in [2.45, 2.75) is 43.9 Å². The number of hydrogen-bond donors (Lipinski definition) is 2. The fourth-order valence-electron chi connectivity index (χ4n) is 3.53. The van der Waals surface area contributed by atoms with Crippen LogP contribution in [0.2, 0.25) is 0 Å². The first-order valence-corrected chi connectivity index (χ1v) is 12.5. The van der Waals surface area contributed by atoms with Gasteiger partial charge in [0, 0.05) is 24.8 Å². The second kappa shape index (κ2) is 10.4. The molecule has 0 spiro atoms. The maximum Gasteiger partial charge on any atom is 0.416 e. The van der Waals surface area contributed by atoms with Gasteiger partial charge in [-0.1, -0.05) is 24.3 Å². The number of nitrogens with zero attached hydrogens (tertiary/aromatic N) is 3. The van der Waals surface area contributed by atoms with Gasteiger partial charge in [-0.05, 0) is 48.2 Å². The molecule has 2 N–H and O–H groups in total. The van der Waals surface area contributed by atoms with E-state index in [0.717, 1.165) is 25.0 Å². The van der Waals surface area contributed by atoms with E-state index < -0.39 is 33.3 Å². The molecule has 0 saturated heterocycles. The molecule has 1 saturated carbocycles. The summed E-state index contributed by atoms with van der Waals surface area (Å²) in [5.74, 6) is -4.40. The van der Waals surface area contributed by atoms with E-state index in [1.807, 2.05) is 0 Å². The van der Waals surface area contributed by atoms with E-state index in [1.54, 1.807) is 9.62 Å². The zero-order chi connectivity index (χ0) is 26.8. The maximum atomic E-state index is 15.3. The summed E-state index contributed by atoms with van der Waals surface area (Å²) >= 11 is 0. The number of sulfonamides is 1. The van der Waals surface area contributed by atoms with Gasteiger partial charge in [0.2, 0.25) is 5.82 Å². The molecule has 7 nitrogen and oxygen atoms in total. The van der Waals surface area contributed by atoms with Crippen LogP contribution in [0.1, 0.15) is 29.5 Å². The molecule has 198 valence electrons. The first-order valence-electron chi connectivity index (χ1n) is 11.0. The molecule has 3 aromatic rings. The molecule has 37 heavy (non-hydrogen) atoms. The van der Waals surface area contributed by atoms with Gasteiger partial charge < -0.3 is 10.2 Å². The Hall–Kier alpha value is -3.55. The molecule has 1 fully saturated rings. The van der Waals surface area contributed by atoms with Crippen LogP contribution < -0.4 is 14.9 Å². The summed E-state index contributed by atoms with van der Waals surface area (Å²) in [5, 5.41) is 2.82. The van der Waals surface area contributed by atoms with Crippen molar-refractivity contribution >= 4 is 27.3 Å². The number of alkyl halides is 5. The van der Waals surface area contributed by atoms with Crippen molar-refractivity contribution in [3.8, 4) is 0 Å². The molecule has 0 atom stereocenters. The smallest absolute Gasteiger partial charge is 0.363 e. The van der Waals surface area contributed by atoms with E-state index in [-0.39, 0.29) is 36.5 Å². The quantitative estimate of drug-likeness (QED) is 0.333. The zero-order valence-electron chi connectivity index (χ0n) is 19.0. The number of hydrogen-bond acceptors (Lipinski definition) is 6. The van der Waals surface area contributed by atoms with Crippen LogP contribution in [0.4, 0.5) is 43.7 Å². The Balaban J connectivity index is 1.45. The molecule has 0 bridgehead atoms. The van der Waals surface area contributed by atoms with Crippen LogP contribution in [0, 0.1) is 5.82 Å². The fourth-order valence-corrected chi connectivity index (χ4v) is 4.08. The van der Waals surface area contributed by atoms with Gasteiger partial charge in [-0.25, -0.2) is 18.4 Å². The van der Waals surface area contributed by atoms with Crippen molar-refractivity contribution in [1.82, 2.24) is 9.97 Å². The second-order valence-corrected chi connectivity index (χ2v) is 10.0. The number of benzene rings is 2. The number of aromatic nitrogens is 2. The highest BCUT2D eigenvalue weighted by molar-refractivity contribution is 7.93. The lowest BCUT2D eigenvalue weighted by molar-refractivity contribution is -0.137. The van der Waals surface area contributed by atoms with Gasteiger partial charge in [0.1, 0.15) is 6.33 Å². The van der Waals surface area contributed by atoms with E-state index in [2.05, 4.69) is 15.3 Å². The summed E-state index contributed by atoms with van der Waals surface area (Å²) in [7, 11) is -4.79. The van der Waals surface area contributed by atoms with E-state index in [0.29, 0.717) is 11.1 Å². The Bertz CT molecular complexity index is 1330. The van der Waals surface area contributed by atoms with Crippen LogP contribution in [-0.2, 0) is 29.3 Å². The molecule has 2 aromatic carbocycles. The third-order valence-corrected chi connectivity index (χ3v) is 6.56. The standard InChI is InChI=1S/C23H21F6N5O2S/c24-19-20(30-11-14-3-7-17(8-4-14)33-37(35,36)22(25)26)31-13-32-21(19)34(18-9-10-18)12-15-1-5-16(6-2-15)23(27,28)29/h1-8,13,18,22,33H,9-12H2,(H,30,31,32). The summed E-state index contributed by atoms with van der Waals surface area (Å²) in [5.41, 5.74) is 0.328. The molecular formula is C23H21F6N5O2S. The number of anilines is 3. The van der Waals surface area contributed by atoms with Gasteiger partial charge in [0.15, 0.2) is 11.6 Å². The molecule has 1 heterocycles. The predicted molar refractivity (Wildman–Crippen MR) is 125 cm³/mol. The lowest BCUT2D eigenvalue weighted by Crippen LogP contribution is -2.27. The third-order valence-electron chi connectivity index (χ3n) is 5.57. The van der Waals surface area contributed by atoms with Gasteiger partial charge in [-0.2, -0.15) is 26.3 Å². The molecule has 0 aliphatic heterocycles. The second-order valence-electron chi connectivity index (χ2n) is 8.37. The summed E-state index contributed by atoms with van der Waals surface area (Å²) in [6.07, 6.45) is -1.71. The molecule has 0 radical (unpaired) electrons. The number of rotatable bonds is 10. The minimum Gasteiger partial charge on any atom is -0.363 e. The van der Waals surface area contributed by atoms with E-state index >= 15 is 4.39 Å². The molecule has 0 amide bonds. The largest absolute Gasteiger partial charge is 0.416 e. The van der Waals surface area contributed by atoms with Crippen LogP contribution >= 0.6 is 0 Å². The summed E-state index contributed by atoms with van der Waals surface area (Å²) in [6.45, 7) is 0.240. The summed E-state index contributed by atoms with van der Waals surface area (Å²) in [6, 6.07) is 10.2. The fraction of sp³-hybridized carbons (Fsp3) is 0.304. The Morgan fingerprint density at radius 2 is 1.59 bits per heavy atom. The summed E-state index contributed by atoms with van der Waals surface area (Å²) in [4.78, 5) is 9.67. The van der Waals surface area contributed by atoms with E-state index in [1.165, 1.54) is 42.7 Å². The highest BCUT2D eigenvalue weighted by Gasteiger charge is 2.33. The molecule has 1 aliphatic rings. The average Bonchev–Trinajstić information content (AvgIpc) is 3.68. The molecule has 14 heteroatoms. The van der Waals surface area contributed by atoms with Crippen LogP contribution in [0.3, 0.4) is 0 Å². The van der Waals surface area contributed by atoms with Gasteiger partial charge in [-0.3, -0.25) is 4.72 Å². The van der Waals surface area contributed by atoms with Crippen molar-refractivity contribution in [3.05, 3.63) is 77.4 Å². The lowest BCUT2D eigenvalue weighted by atomic mass is 10.1. The SMILES string of the molecule is O=S(=O)(Nc1ccc(CNc2ncnc(N(Cc3ccc(C(F)(F)F)cc3)C3CC3)c2F)cc1)C(F)F. The summed E-state index contributed by atoms with van der Waals surface area (Å²) < 4.78 is 103.